The predicted octanol–water partition coefficient (Wildman–Crippen LogP) is 5.34. The minimum Gasteiger partial charge on any atom is -0.363 e. The molecule has 3 aliphatic rings. The molecular weight excluding hydrogens is 588 g/mol. The summed E-state index contributed by atoms with van der Waals surface area (Å²) in [6.45, 7) is 17.3. The number of rotatable bonds is 6. The van der Waals surface area contributed by atoms with Crippen LogP contribution in [-0.4, -0.2) is 67.4 Å². The summed E-state index contributed by atoms with van der Waals surface area (Å²) in [5, 5.41) is 0. The van der Waals surface area contributed by atoms with Crippen molar-refractivity contribution in [3.05, 3.63) is 69.8 Å². The molecule has 0 bridgehead atoms. The summed E-state index contributed by atoms with van der Waals surface area (Å²) in [4.78, 5) is 18.6. The van der Waals surface area contributed by atoms with Gasteiger partial charge in [0.1, 0.15) is 11.5 Å². The van der Waals surface area contributed by atoms with Crippen molar-refractivity contribution in [3.8, 4) is 0 Å². The van der Waals surface area contributed by atoms with Crippen LogP contribution in [0.5, 0.6) is 0 Å². The molecule has 232 valence electrons. The predicted molar refractivity (Wildman–Crippen MR) is 171 cm³/mol. The van der Waals surface area contributed by atoms with E-state index in [2.05, 4.69) is 9.80 Å². The highest BCUT2D eigenvalue weighted by Crippen LogP contribution is 2.50. The standard InChI is InChI=1S/C32H40N2O7S2/c1-9-33-27-13-25-23(11-21(27)19(15-30(33,3)4)17-42(36,37)38)29(35)24-12-22-20(18-43(39,40)41)16-31(5,6)34(10-2)28(22)14-26(24)32(25,7)8/h11-16H,9-10,17-18H2,1-8H3,(H,36,37,38)(H,39,40,41). The van der Waals surface area contributed by atoms with Crippen molar-refractivity contribution in [3.63, 3.8) is 0 Å². The zero-order chi connectivity index (χ0) is 32.1. The quantitative estimate of drug-likeness (QED) is 0.407. The Morgan fingerprint density at radius 1 is 0.628 bits per heavy atom. The number of likely N-dealkylation sites (N-methyl/N-ethyl adjacent to an activating group) is 2. The minimum atomic E-state index is -4.35. The summed E-state index contributed by atoms with van der Waals surface area (Å²) < 4.78 is 67.6. The Kier molecular flexibility index (Phi) is 7.13. The number of fused-ring (bicyclic) bond motifs is 4. The van der Waals surface area contributed by atoms with E-state index >= 15 is 0 Å². The Hall–Kier alpha value is -2.99. The molecule has 0 saturated carbocycles. The molecule has 0 amide bonds. The maximum atomic E-state index is 14.3. The molecule has 11 heteroatoms. The van der Waals surface area contributed by atoms with Gasteiger partial charge in [-0.3, -0.25) is 13.9 Å². The Labute approximate surface area is 254 Å². The van der Waals surface area contributed by atoms with Gasteiger partial charge in [-0.2, -0.15) is 16.8 Å². The van der Waals surface area contributed by atoms with Crippen molar-refractivity contribution in [2.45, 2.75) is 71.9 Å². The Morgan fingerprint density at radius 2 is 0.977 bits per heavy atom. The van der Waals surface area contributed by atoms with Crippen LogP contribution in [0.4, 0.5) is 11.4 Å². The first-order valence-corrected chi connectivity index (χ1v) is 17.6. The molecule has 43 heavy (non-hydrogen) atoms. The third-order valence-electron chi connectivity index (χ3n) is 9.14. The molecule has 0 aromatic heterocycles. The van der Waals surface area contributed by atoms with E-state index in [0.29, 0.717) is 46.5 Å². The van der Waals surface area contributed by atoms with Crippen molar-refractivity contribution >= 4 is 48.5 Å². The van der Waals surface area contributed by atoms with Gasteiger partial charge in [0.05, 0.1) is 11.1 Å². The number of hydrogen-bond donors (Lipinski definition) is 2. The molecule has 5 rings (SSSR count). The maximum absolute atomic E-state index is 14.3. The van der Waals surface area contributed by atoms with Gasteiger partial charge < -0.3 is 9.80 Å². The molecule has 0 fully saturated rings. The first-order valence-electron chi connectivity index (χ1n) is 14.4. The fourth-order valence-electron chi connectivity index (χ4n) is 7.41. The molecule has 9 nitrogen and oxygen atoms in total. The molecular formula is C32H40N2O7S2. The summed E-state index contributed by atoms with van der Waals surface area (Å²) in [5.41, 5.74) is 4.33. The van der Waals surface area contributed by atoms with Crippen molar-refractivity contribution < 1.29 is 30.7 Å². The van der Waals surface area contributed by atoms with Crippen molar-refractivity contribution in [1.29, 1.82) is 0 Å². The number of benzene rings is 2. The summed E-state index contributed by atoms with van der Waals surface area (Å²) in [6.07, 6.45) is 3.66. The Balaban J connectivity index is 1.78. The van der Waals surface area contributed by atoms with Crippen LogP contribution >= 0.6 is 0 Å². The topological polar surface area (TPSA) is 132 Å². The van der Waals surface area contributed by atoms with E-state index in [9.17, 15) is 30.7 Å². The molecule has 2 aromatic carbocycles. The van der Waals surface area contributed by atoms with E-state index in [1.54, 1.807) is 12.1 Å². The number of hydrogen-bond acceptors (Lipinski definition) is 7. The number of nitrogens with zero attached hydrogens (tertiary/aromatic N) is 2. The molecule has 2 aliphatic heterocycles. The normalized spacial score (nSPS) is 20.0. The van der Waals surface area contributed by atoms with Crippen LogP contribution in [0.2, 0.25) is 0 Å². The maximum Gasteiger partial charge on any atom is 0.269 e. The van der Waals surface area contributed by atoms with E-state index in [0.717, 1.165) is 22.5 Å². The first-order chi connectivity index (χ1) is 19.6. The monoisotopic (exact) mass is 628 g/mol. The average molecular weight is 629 g/mol. The van der Waals surface area contributed by atoms with Crippen LogP contribution in [0.1, 0.15) is 93.6 Å². The zero-order valence-electron chi connectivity index (χ0n) is 25.9. The lowest BCUT2D eigenvalue weighted by Crippen LogP contribution is -2.46. The Morgan fingerprint density at radius 3 is 1.28 bits per heavy atom. The van der Waals surface area contributed by atoms with Gasteiger partial charge in [-0.1, -0.05) is 26.0 Å². The van der Waals surface area contributed by atoms with Crippen LogP contribution < -0.4 is 9.80 Å². The average Bonchev–Trinajstić information content (AvgIpc) is 2.84. The molecule has 0 unspecified atom stereocenters. The minimum absolute atomic E-state index is 0.256. The van der Waals surface area contributed by atoms with E-state index in [-0.39, 0.29) is 5.78 Å². The van der Waals surface area contributed by atoms with Crippen LogP contribution in [0.3, 0.4) is 0 Å². The van der Waals surface area contributed by atoms with Crippen LogP contribution in [-0.2, 0) is 25.7 Å². The summed E-state index contributed by atoms with van der Waals surface area (Å²) in [5.74, 6) is -1.41. The second kappa shape index (κ2) is 9.76. The smallest absolute Gasteiger partial charge is 0.269 e. The zero-order valence-corrected chi connectivity index (χ0v) is 27.6. The van der Waals surface area contributed by atoms with E-state index < -0.39 is 48.2 Å². The van der Waals surface area contributed by atoms with Crippen molar-refractivity contribution in [1.82, 2.24) is 0 Å². The summed E-state index contributed by atoms with van der Waals surface area (Å²) in [6, 6.07) is 7.45. The highest BCUT2D eigenvalue weighted by atomic mass is 32.2. The third kappa shape index (κ3) is 5.24. The highest BCUT2D eigenvalue weighted by molar-refractivity contribution is 7.86. The summed E-state index contributed by atoms with van der Waals surface area (Å²) in [7, 11) is -8.70. The molecule has 2 aromatic rings. The van der Waals surface area contributed by atoms with Gasteiger partial charge in [0.2, 0.25) is 0 Å². The highest BCUT2D eigenvalue weighted by Gasteiger charge is 2.43. The van der Waals surface area contributed by atoms with Gasteiger partial charge >= 0.3 is 0 Å². The molecule has 2 N–H and O–H groups in total. The van der Waals surface area contributed by atoms with Crippen LogP contribution in [0.15, 0.2) is 36.4 Å². The van der Waals surface area contributed by atoms with Gasteiger partial charge in [0.15, 0.2) is 5.78 Å². The van der Waals surface area contributed by atoms with E-state index in [4.69, 9.17) is 0 Å². The second-order valence-electron chi connectivity index (χ2n) is 13.4. The van der Waals surface area contributed by atoms with Crippen LogP contribution in [0, 0.1) is 0 Å². The third-order valence-corrected chi connectivity index (χ3v) is 10.5. The second-order valence-corrected chi connectivity index (χ2v) is 16.3. The largest absolute Gasteiger partial charge is 0.363 e. The number of anilines is 2. The molecule has 0 saturated heterocycles. The van der Waals surface area contributed by atoms with Gasteiger partial charge in [0.25, 0.3) is 20.2 Å². The molecule has 0 spiro atoms. The molecule has 2 heterocycles. The molecule has 0 radical (unpaired) electrons. The SMILES string of the molecule is CCN1c2cc3c(cc2C(CS(=O)(=O)O)=CC1(C)C)C(=O)c1cc2c(cc1C3(C)C)N(CC)C(C)(C)C=C2CS(=O)(=O)O. The van der Waals surface area contributed by atoms with Crippen molar-refractivity contribution in [2.75, 3.05) is 34.4 Å². The number of carbonyl (C=O) groups is 1. The van der Waals surface area contributed by atoms with E-state index in [1.807, 2.05) is 79.7 Å². The fourth-order valence-corrected chi connectivity index (χ4v) is 8.67. The fraction of sp³-hybridized carbons (Fsp3) is 0.469. The van der Waals surface area contributed by atoms with Gasteiger partial charge in [-0.15, -0.1) is 0 Å². The van der Waals surface area contributed by atoms with Gasteiger partial charge in [-0.25, -0.2) is 0 Å². The molecule has 1 aliphatic carbocycles. The Bertz CT molecular complexity index is 1720. The number of carbonyl (C=O) groups excluding carboxylic acids is 1. The lowest BCUT2D eigenvalue weighted by molar-refractivity contribution is 0.103. The molecule has 0 atom stereocenters. The number of ketones is 1. The summed E-state index contributed by atoms with van der Waals surface area (Å²) >= 11 is 0. The first kappa shape index (κ1) is 31.4. The lowest BCUT2D eigenvalue weighted by Gasteiger charge is -2.46. The van der Waals surface area contributed by atoms with Crippen LogP contribution in [0.25, 0.3) is 11.1 Å². The lowest BCUT2D eigenvalue weighted by atomic mass is 9.66. The van der Waals surface area contributed by atoms with E-state index in [1.165, 1.54) is 0 Å². The van der Waals surface area contributed by atoms with Gasteiger partial charge in [-0.05, 0) is 88.1 Å². The van der Waals surface area contributed by atoms with Crippen molar-refractivity contribution in [2.24, 2.45) is 0 Å². The van der Waals surface area contributed by atoms with Gasteiger partial charge in [0, 0.05) is 52.1 Å².